The van der Waals surface area contributed by atoms with Gasteiger partial charge in [0.25, 0.3) is 5.91 Å². The molecule has 0 bridgehead atoms. The van der Waals surface area contributed by atoms with Gasteiger partial charge in [-0.15, -0.1) is 0 Å². The number of halogens is 4. The topological polar surface area (TPSA) is 117 Å². The van der Waals surface area contributed by atoms with Crippen LogP contribution < -0.4 is 10.6 Å². The van der Waals surface area contributed by atoms with Gasteiger partial charge in [0.2, 0.25) is 0 Å². The van der Waals surface area contributed by atoms with E-state index in [0.717, 1.165) is 18.8 Å². The fourth-order valence-corrected chi connectivity index (χ4v) is 3.49. The summed E-state index contributed by atoms with van der Waals surface area (Å²) >= 11 is 5.88. The van der Waals surface area contributed by atoms with Gasteiger partial charge in [-0.1, -0.05) is 35.0 Å². The molecular formula is C22H19ClF3N3O5. The lowest BCUT2D eigenvalue weighted by atomic mass is 9.97. The van der Waals surface area contributed by atoms with Crippen LogP contribution in [0.1, 0.15) is 26.3 Å². The fourth-order valence-electron chi connectivity index (χ4n) is 3.37. The van der Waals surface area contributed by atoms with Crippen LogP contribution in [0.3, 0.4) is 0 Å². The molecule has 2 unspecified atom stereocenters. The molecule has 0 saturated carbocycles. The molecule has 2 aliphatic heterocycles. The number of hydrogen-bond donors (Lipinski definition) is 3. The number of fused-ring (bicyclic) bond motifs is 1. The lowest BCUT2D eigenvalue weighted by Gasteiger charge is -2.11. The highest BCUT2D eigenvalue weighted by molar-refractivity contribution is 6.30. The van der Waals surface area contributed by atoms with Crippen LogP contribution in [0.5, 0.6) is 0 Å². The molecule has 4 rings (SSSR count). The Morgan fingerprint density at radius 3 is 2.32 bits per heavy atom. The first-order chi connectivity index (χ1) is 16.1. The number of nitrogens with one attached hydrogen (secondary N) is 2. The molecule has 8 nitrogen and oxygen atoms in total. The van der Waals surface area contributed by atoms with E-state index in [1.807, 2.05) is 0 Å². The second-order valence-electron chi connectivity index (χ2n) is 7.36. The number of carbonyl (C=O) groups is 3. The molecule has 2 aromatic carbocycles. The monoisotopic (exact) mass is 497 g/mol. The molecule has 2 aliphatic rings. The van der Waals surface area contributed by atoms with E-state index in [1.54, 1.807) is 48.5 Å². The van der Waals surface area contributed by atoms with E-state index < -0.39 is 12.1 Å². The average Bonchev–Trinajstić information content (AvgIpc) is 3.42. The number of nitrogens with zero attached hydrogens (tertiary/aromatic N) is 1. The van der Waals surface area contributed by atoms with E-state index in [4.69, 9.17) is 26.3 Å². The first-order valence-electron chi connectivity index (χ1n) is 9.99. The zero-order chi connectivity index (χ0) is 24.9. The van der Waals surface area contributed by atoms with Crippen molar-refractivity contribution in [3.63, 3.8) is 0 Å². The number of amides is 1. The van der Waals surface area contributed by atoms with Gasteiger partial charge < -0.3 is 20.6 Å². The molecule has 1 fully saturated rings. The van der Waals surface area contributed by atoms with Crippen LogP contribution in [0.4, 0.5) is 13.2 Å². The predicted octanol–water partition coefficient (Wildman–Crippen LogP) is 2.91. The van der Waals surface area contributed by atoms with E-state index in [-0.39, 0.29) is 23.7 Å². The highest BCUT2D eigenvalue weighted by Crippen LogP contribution is 2.22. The molecule has 2 heterocycles. The Hall–Kier alpha value is -3.44. The van der Waals surface area contributed by atoms with Crippen LogP contribution in [-0.2, 0) is 9.63 Å². The lowest BCUT2D eigenvalue weighted by Crippen LogP contribution is -2.35. The minimum atomic E-state index is -5.08. The standard InChI is InChI=1S/C20H18ClN3O3.C2HF3O2/c21-13-7-5-12(6-8-13)19(25)14-3-1-2-4-15(14)20(26)23-10-17-16-9-22-11-18(16)27-24-17;3-2(4,5)1(6)7/h1-8,16,18,22H,9-11H2,(H,23,26);(H,6,7). The van der Waals surface area contributed by atoms with Gasteiger partial charge in [0.05, 0.1) is 23.7 Å². The summed E-state index contributed by atoms with van der Waals surface area (Å²) in [7, 11) is 0. The molecule has 12 heteroatoms. The lowest BCUT2D eigenvalue weighted by molar-refractivity contribution is -0.192. The van der Waals surface area contributed by atoms with Crippen LogP contribution in [0, 0.1) is 5.92 Å². The number of rotatable bonds is 5. The summed E-state index contributed by atoms with van der Waals surface area (Å²) in [5.41, 5.74) is 1.98. The number of aliphatic carboxylic acids is 1. The quantitative estimate of drug-likeness (QED) is 0.547. The van der Waals surface area contributed by atoms with E-state index in [1.165, 1.54) is 0 Å². The summed E-state index contributed by atoms with van der Waals surface area (Å²) < 4.78 is 31.7. The maximum atomic E-state index is 12.8. The van der Waals surface area contributed by atoms with Crippen molar-refractivity contribution >= 4 is 35.0 Å². The van der Waals surface area contributed by atoms with Gasteiger partial charge in [-0.25, -0.2) is 4.79 Å². The molecule has 0 aromatic heterocycles. The summed E-state index contributed by atoms with van der Waals surface area (Å²) in [4.78, 5) is 39.8. The number of oxime groups is 1. The maximum Gasteiger partial charge on any atom is 0.490 e. The van der Waals surface area contributed by atoms with Crippen molar-refractivity contribution in [1.29, 1.82) is 0 Å². The minimum Gasteiger partial charge on any atom is -0.475 e. The third-order valence-electron chi connectivity index (χ3n) is 5.09. The Bertz CT molecular complexity index is 1110. The van der Waals surface area contributed by atoms with Gasteiger partial charge >= 0.3 is 12.1 Å². The first-order valence-corrected chi connectivity index (χ1v) is 10.4. The second kappa shape index (κ2) is 10.7. The maximum absolute atomic E-state index is 12.8. The molecule has 0 spiro atoms. The Morgan fingerprint density at radius 1 is 1.09 bits per heavy atom. The van der Waals surface area contributed by atoms with Crippen molar-refractivity contribution in [3.05, 3.63) is 70.2 Å². The van der Waals surface area contributed by atoms with Crippen LogP contribution in [0.15, 0.2) is 53.7 Å². The molecule has 0 radical (unpaired) electrons. The Labute approximate surface area is 196 Å². The Balaban J connectivity index is 0.000000406. The second-order valence-corrected chi connectivity index (χ2v) is 7.79. The zero-order valence-electron chi connectivity index (χ0n) is 17.4. The highest BCUT2D eigenvalue weighted by Gasteiger charge is 2.38. The van der Waals surface area contributed by atoms with E-state index in [9.17, 15) is 22.8 Å². The molecule has 2 atom stereocenters. The van der Waals surface area contributed by atoms with Crippen LogP contribution in [-0.4, -0.2) is 60.4 Å². The molecule has 180 valence electrons. The van der Waals surface area contributed by atoms with Crippen molar-refractivity contribution in [2.45, 2.75) is 12.3 Å². The summed E-state index contributed by atoms with van der Waals surface area (Å²) in [6.07, 6.45) is -5.03. The highest BCUT2D eigenvalue weighted by atomic mass is 35.5. The van der Waals surface area contributed by atoms with Crippen molar-refractivity contribution < 1.29 is 37.5 Å². The van der Waals surface area contributed by atoms with Gasteiger partial charge in [-0.05, 0) is 30.3 Å². The zero-order valence-corrected chi connectivity index (χ0v) is 18.2. The van der Waals surface area contributed by atoms with E-state index in [0.29, 0.717) is 28.3 Å². The third-order valence-corrected chi connectivity index (χ3v) is 5.34. The molecule has 1 saturated heterocycles. The molecule has 34 heavy (non-hydrogen) atoms. The number of ketones is 1. The number of hydrogen-bond acceptors (Lipinski definition) is 6. The van der Waals surface area contributed by atoms with Crippen molar-refractivity contribution in [2.24, 2.45) is 11.1 Å². The van der Waals surface area contributed by atoms with Crippen molar-refractivity contribution in [1.82, 2.24) is 10.6 Å². The SMILES string of the molecule is O=C(NCC1=NOC2CNCC12)c1ccccc1C(=O)c1ccc(Cl)cc1.O=C(O)C(F)(F)F. The van der Waals surface area contributed by atoms with Crippen LogP contribution >= 0.6 is 11.6 Å². The van der Waals surface area contributed by atoms with Crippen molar-refractivity contribution in [2.75, 3.05) is 19.6 Å². The van der Waals surface area contributed by atoms with Crippen LogP contribution in [0.2, 0.25) is 5.02 Å². The number of carboxylic acids is 1. The predicted molar refractivity (Wildman–Crippen MR) is 116 cm³/mol. The van der Waals surface area contributed by atoms with Gasteiger partial charge in [0, 0.05) is 29.2 Å². The number of carbonyl (C=O) groups excluding carboxylic acids is 2. The smallest absolute Gasteiger partial charge is 0.475 e. The fraction of sp³-hybridized carbons (Fsp3) is 0.273. The van der Waals surface area contributed by atoms with E-state index in [2.05, 4.69) is 15.8 Å². The summed E-state index contributed by atoms with van der Waals surface area (Å²) in [6, 6.07) is 13.4. The van der Waals surface area contributed by atoms with E-state index >= 15 is 0 Å². The third kappa shape index (κ3) is 6.12. The Morgan fingerprint density at radius 2 is 1.71 bits per heavy atom. The summed E-state index contributed by atoms with van der Waals surface area (Å²) in [5, 5.41) is 17.9. The summed E-state index contributed by atoms with van der Waals surface area (Å²) in [5.74, 6) is -3.10. The molecule has 2 aromatic rings. The number of carboxylic acid groups (broad SMARTS) is 1. The number of alkyl halides is 3. The van der Waals surface area contributed by atoms with Crippen molar-refractivity contribution in [3.8, 4) is 0 Å². The minimum absolute atomic E-state index is 0.0515. The van der Waals surface area contributed by atoms with Crippen LogP contribution in [0.25, 0.3) is 0 Å². The summed E-state index contributed by atoms with van der Waals surface area (Å²) in [6.45, 7) is 1.86. The van der Waals surface area contributed by atoms with Gasteiger partial charge in [-0.3, -0.25) is 9.59 Å². The molecular weight excluding hydrogens is 479 g/mol. The number of benzene rings is 2. The van der Waals surface area contributed by atoms with Gasteiger partial charge in [0.1, 0.15) is 6.10 Å². The first kappa shape index (κ1) is 25.2. The Kier molecular flexibility index (Phi) is 7.90. The van der Waals surface area contributed by atoms with Gasteiger partial charge in [0.15, 0.2) is 5.78 Å². The average molecular weight is 498 g/mol. The molecule has 1 amide bonds. The normalized spacial score (nSPS) is 18.6. The molecule has 3 N–H and O–H groups in total. The largest absolute Gasteiger partial charge is 0.490 e. The van der Waals surface area contributed by atoms with Gasteiger partial charge in [-0.2, -0.15) is 13.2 Å². The molecule has 0 aliphatic carbocycles.